The average molecular weight is 270 g/mol. The van der Waals surface area contributed by atoms with E-state index in [1.165, 1.54) is 37.0 Å². The van der Waals surface area contributed by atoms with Crippen LogP contribution in [0.3, 0.4) is 0 Å². The van der Waals surface area contributed by atoms with E-state index in [1.807, 2.05) is 0 Å². The summed E-state index contributed by atoms with van der Waals surface area (Å²) >= 11 is 1.17. The van der Waals surface area contributed by atoms with E-state index in [4.69, 9.17) is 9.84 Å². The molecule has 0 aliphatic heterocycles. The number of carboxylic acids is 1. The van der Waals surface area contributed by atoms with Gasteiger partial charge in [0.1, 0.15) is 4.88 Å². The van der Waals surface area contributed by atoms with Crippen molar-refractivity contribution in [2.75, 3.05) is 18.5 Å². The van der Waals surface area contributed by atoms with Gasteiger partial charge in [-0.25, -0.2) is 9.78 Å². The number of rotatable bonds is 6. The van der Waals surface area contributed by atoms with E-state index in [0.29, 0.717) is 35.0 Å². The minimum atomic E-state index is -0.916. The Labute approximate surface area is 110 Å². The summed E-state index contributed by atoms with van der Waals surface area (Å²) in [5.74, 6) is -0.916. The normalized spacial score (nSPS) is 16.1. The molecule has 1 aromatic rings. The lowest BCUT2D eigenvalue weighted by Crippen LogP contribution is -2.15. The zero-order chi connectivity index (χ0) is 13.0. The Morgan fingerprint density at radius 2 is 2.28 bits per heavy atom. The molecule has 1 heterocycles. The molecule has 5 nitrogen and oxygen atoms in total. The second-order valence-electron chi connectivity index (χ2n) is 4.44. The molecule has 6 heteroatoms. The third-order valence-electron chi connectivity index (χ3n) is 3.02. The van der Waals surface area contributed by atoms with Crippen LogP contribution in [0, 0.1) is 6.92 Å². The number of aryl methyl sites for hydroxylation is 1. The second-order valence-corrected chi connectivity index (χ2v) is 5.44. The first-order valence-corrected chi connectivity index (χ1v) is 7.04. The van der Waals surface area contributed by atoms with Gasteiger partial charge in [0.25, 0.3) is 0 Å². The van der Waals surface area contributed by atoms with E-state index in [9.17, 15) is 4.79 Å². The van der Waals surface area contributed by atoms with Gasteiger partial charge in [0.15, 0.2) is 5.13 Å². The van der Waals surface area contributed by atoms with E-state index in [0.717, 1.165) is 0 Å². The van der Waals surface area contributed by atoms with Crippen molar-refractivity contribution >= 4 is 22.4 Å². The summed E-state index contributed by atoms with van der Waals surface area (Å²) < 4.78 is 5.71. The van der Waals surface area contributed by atoms with Gasteiger partial charge in [0.2, 0.25) is 0 Å². The van der Waals surface area contributed by atoms with Crippen molar-refractivity contribution in [2.45, 2.75) is 38.7 Å². The number of hydrogen-bond acceptors (Lipinski definition) is 5. The first-order valence-electron chi connectivity index (χ1n) is 6.23. The maximum absolute atomic E-state index is 10.9. The van der Waals surface area contributed by atoms with Crippen LogP contribution in [0.1, 0.15) is 41.0 Å². The van der Waals surface area contributed by atoms with E-state index < -0.39 is 5.97 Å². The maximum Gasteiger partial charge on any atom is 0.347 e. The number of nitrogens with one attached hydrogen (secondary N) is 1. The minimum Gasteiger partial charge on any atom is -0.477 e. The van der Waals surface area contributed by atoms with Crippen LogP contribution in [0.25, 0.3) is 0 Å². The summed E-state index contributed by atoms with van der Waals surface area (Å²) in [5, 5.41) is 12.7. The molecule has 2 rings (SSSR count). The second kappa shape index (κ2) is 6.15. The van der Waals surface area contributed by atoms with Crippen LogP contribution in [0.5, 0.6) is 0 Å². The van der Waals surface area contributed by atoms with E-state index in [2.05, 4.69) is 10.3 Å². The van der Waals surface area contributed by atoms with Gasteiger partial charge >= 0.3 is 5.97 Å². The van der Waals surface area contributed by atoms with E-state index in [-0.39, 0.29) is 0 Å². The lowest BCUT2D eigenvalue weighted by atomic mass is 10.3. The summed E-state index contributed by atoms with van der Waals surface area (Å²) in [5.41, 5.74) is 0.562. The van der Waals surface area contributed by atoms with Gasteiger partial charge in [-0.1, -0.05) is 24.2 Å². The number of anilines is 1. The largest absolute Gasteiger partial charge is 0.477 e. The van der Waals surface area contributed by atoms with Gasteiger partial charge < -0.3 is 15.2 Å². The highest BCUT2D eigenvalue weighted by atomic mass is 32.1. The molecule has 0 radical (unpaired) electrons. The number of thiazole rings is 1. The molecule has 2 N–H and O–H groups in total. The number of carboxylic acid groups (broad SMARTS) is 1. The number of aromatic carboxylic acids is 1. The summed E-state index contributed by atoms with van der Waals surface area (Å²) in [6.07, 6.45) is 5.29. The number of ether oxygens (including phenoxy) is 1. The molecule has 1 saturated carbocycles. The average Bonchev–Trinajstić information content (AvgIpc) is 2.94. The number of nitrogens with zero attached hydrogens (tertiary/aromatic N) is 1. The SMILES string of the molecule is Cc1nc(NCCOC2CCCC2)sc1C(=O)O. The predicted octanol–water partition coefficient (Wildman–Crippen LogP) is 2.52. The summed E-state index contributed by atoms with van der Waals surface area (Å²) in [4.78, 5) is 15.3. The van der Waals surface area contributed by atoms with Crippen molar-refractivity contribution in [3.63, 3.8) is 0 Å². The van der Waals surface area contributed by atoms with Crippen molar-refractivity contribution in [1.29, 1.82) is 0 Å². The smallest absolute Gasteiger partial charge is 0.347 e. The fraction of sp³-hybridized carbons (Fsp3) is 0.667. The lowest BCUT2D eigenvalue weighted by Gasteiger charge is -2.10. The Morgan fingerprint density at radius 3 is 2.89 bits per heavy atom. The van der Waals surface area contributed by atoms with Crippen molar-refractivity contribution in [2.24, 2.45) is 0 Å². The fourth-order valence-corrected chi connectivity index (χ4v) is 2.94. The van der Waals surface area contributed by atoms with Crippen molar-refractivity contribution < 1.29 is 14.6 Å². The number of hydrogen-bond donors (Lipinski definition) is 2. The molecule has 0 aromatic carbocycles. The monoisotopic (exact) mass is 270 g/mol. The molecule has 1 aliphatic rings. The Kier molecular flexibility index (Phi) is 4.54. The lowest BCUT2D eigenvalue weighted by molar-refractivity contribution is 0.0658. The summed E-state index contributed by atoms with van der Waals surface area (Å²) in [6.45, 7) is 3.02. The predicted molar refractivity (Wildman–Crippen MR) is 70.5 cm³/mol. The van der Waals surface area contributed by atoms with Crippen LogP contribution in [0.15, 0.2) is 0 Å². The number of carbonyl (C=O) groups is 1. The fourth-order valence-electron chi connectivity index (χ4n) is 2.11. The molecule has 0 unspecified atom stereocenters. The van der Waals surface area contributed by atoms with E-state index >= 15 is 0 Å². The Bertz CT molecular complexity index is 413. The van der Waals surface area contributed by atoms with Crippen molar-refractivity contribution in [3.8, 4) is 0 Å². The van der Waals surface area contributed by atoms with Crippen LogP contribution < -0.4 is 5.32 Å². The minimum absolute atomic E-state index is 0.300. The molecule has 0 saturated heterocycles. The summed E-state index contributed by atoms with van der Waals surface area (Å²) in [7, 11) is 0. The molecule has 18 heavy (non-hydrogen) atoms. The van der Waals surface area contributed by atoms with Crippen LogP contribution in [-0.2, 0) is 4.74 Å². The third-order valence-corrected chi connectivity index (χ3v) is 4.13. The highest BCUT2D eigenvalue weighted by molar-refractivity contribution is 7.17. The molecule has 0 amide bonds. The number of aromatic nitrogens is 1. The molecule has 100 valence electrons. The molecule has 1 aliphatic carbocycles. The summed E-state index contributed by atoms with van der Waals surface area (Å²) in [6, 6.07) is 0. The zero-order valence-corrected chi connectivity index (χ0v) is 11.3. The molecule has 1 fully saturated rings. The Morgan fingerprint density at radius 1 is 1.56 bits per heavy atom. The quantitative estimate of drug-likeness (QED) is 0.777. The molecular weight excluding hydrogens is 252 g/mol. The van der Waals surface area contributed by atoms with Gasteiger partial charge in [-0.15, -0.1) is 0 Å². The molecule has 0 atom stereocenters. The zero-order valence-electron chi connectivity index (χ0n) is 10.4. The van der Waals surface area contributed by atoms with Gasteiger partial charge in [-0.05, 0) is 19.8 Å². The molecule has 1 aromatic heterocycles. The van der Waals surface area contributed by atoms with Gasteiger partial charge in [-0.2, -0.15) is 0 Å². The van der Waals surface area contributed by atoms with Crippen LogP contribution in [-0.4, -0.2) is 35.3 Å². The molecule has 0 bridgehead atoms. The van der Waals surface area contributed by atoms with Crippen molar-refractivity contribution in [1.82, 2.24) is 4.98 Å². The highest BCUT2D eigenvalue weighted by Crippen LogP contribution is 2.23. The highest BCUT2D eigenvalue weighted by Gasteiger charge is 2.15. The standard InChI is InChI=1S/C12H18N2O3S/c1-8-10(11(15)16)18-12(14-8)13-6-7-17-9-4-2-3-5-9/h9H,2-7H2,1H3,(H,13,14)(H,15,16). The Balaban J connectivity index is 1.72. The van der Waals surface area contributed by atoms with Gasteiger partial charge in [-0.3, -0.25) is 0 Å². The third kappa shape index (κ3) is 3.43. The van der Waals surface area contributed by atoms with Crippen LogP contribution in [0.4, 0.5) is 5.13 Å². The van der Waals surface area contributed by atoms with Crippen LogP contribution >= 0.6 is 11.3 Å². The maximum atomic E-state index is 10.9. The first-order chi connectivity index (χ1) is 8.66. The topological polar surface area (TPSA) is 71.5 Å². The van der Waals surface area contributed by atoms with Gasteiger partial charge in [0, 0.05) is 6.54 Å². The van der Waals surface area contributed by atoms with Crippen molar-refractivity contribution in [3.05, 3.63) is 10.6 Å². The Hall–Kier alpha value is -1.14. The molecule has 0 spiro atoms. The van der Waals surface area contributed by atoms with Gasteiger partial charge in [0.05, 0.1) is 18.4 Å². The molecular formula is C12H18N2O3S. The van der Waals surface area contributed by atoms with E-state index in [1.54, 1.807) is 6.92 Å². The first kappa shape index (κ1) is 13.3. The van der Waals surface area contributed by atoms with Crippen LogP contribution in [0.2, 0.25) is 0 Å².